The van der Waals surface area contributed by atoms with Crippen molar-refractivity contribution < 1.29 is 33.8 Å². The topological polar surface area (TPSA) is 38.7 Å². The van der Waals surface area contributed by atoms with Gasteiger partial charge in [-0.05, 0) is 58.6 Å². The van der Waals surface area contributed by atoms with Crippen molar-refractivity contribution in [3.63, 3.8) is 0 Å². The minimum absolute atomic E-state index is 0. The Morgan fingerprint density at radius 2 is 1.58 bits per heavy atom. The van der Waals surface area contributed by atoms with Crippen LogP contribution in [-0.4, -0.2) is 28.2 Å². The summed E-state index contributed by atoms with van der Waals surface area (Å²) in [4.78, 5) is 14.8. The van der Waals surface area contributed by atoms with Gasteiger partial charge in [0, 0.05) is 46.8 Å². The Hall–Kier alpha value is -3.48. The van der Waals surface area contributed by atoms with E-state index in [1.807, 2.05) is 77.2 Å². The number of nitrogens with zero attached hydrogens (tertiary/aromatic N) is 3. The van der Waals surface area contributed by atoms with Gasteiger partial charge in [0.05, 0.1) is 5.69 Å². The van der Waals surface area contributed by atoms with E-state index in [0.29, 0.717) is 26.2 Å². The summed E-state index contributed by atoms with van der Waals surface area (Å²) in [5, 5.41) is 1.30. The summed E-state index contributed by atoms with van der Waals surface area (Å²) in [7, 11) is 0. The van der Waals surface area contributed by atoms with E-state index < -0.39 is 50.5 Å². The van der Waals surface area contributed by atoms with Gasteiger partial charge in [-0.1, -0.05) is 75.0 Å². The number of hydrogen-bond donors (Lipinski definition) is 0. The second-order valence-corrected chi connectivity index (χ2v) is 30.0. The molecule has 4 aromatic heterocycles. The van der Waals surface area contributed by atoms with Crippen molar-refractivity contribution in [2.24, 2.45) is 5.41 Å². The molecule has 1 radical (unpaired) electrons. The molecule has 0 aliphatic heterocycles. The van der Waals surface area contributed by atoms with E-state index in [1.165, 1.54) is 29.2 Å². The van der Waals surface area contributed by atoms with Crippen LogP contribution in [0.25, 0.3) is 54.1 Å². The monoisotopic (exact) mass is 1050 g/mol. The van der Waals surface area contributed by atoms with Crippen molar-refractivity contribution in [2.45, 2.75) is 123 Å². The molecule has 59 heavy (non-hydrogen) atoms. The molecule has 0 saturated carbocycles. The van der Waals surface area contributed by atoms with E-state index in [9.17, 15) is 0 Å². The molecule has 4 heterocycles. The summed E-state index contributed by atoms with van der Waals surface area (Å²) in [5.41, 5.74) is 7.37. The molecule has 8 rings (SSSR count). The number of rotatable bonds is 6. The van der Waals surface area contributed by atoms with E-state index >= 15 is 0 Å². The van der Waals surface area contributed by atoms with Crippen LogP contribution in [0.15, 0.2) is 85.2 Å². The van der Waals surface area contributed by atoms with Crippen molar-refractivity contribution in [3.05, 3.63) is 131 Å². The first kappa shape index (κ1) is 33.2. The summed E-state index contributed by atoms with van der Waals surface area (Å²) in [6.45, 7) is 13.7. The Morgan fingerprint density at radius 1 is 0.864 bits per heavy atom. The number of fused-ring (bicyclic) bond motifs is 4. The molecule has 1 aliphatic rings. The van der Waals surface area contributed by atoms with Gasteiger partial charge in [-0.3, -0.25) is 0 Å². The molecule has 1 aliphatic carbocycles. The Balaban J connectivity index is 0.000000244. The van der Waals surface area contributed by atoms with Crippen LogP contribution in [0.4, 0.5) is 0 Å². The molecule has 309 valence electrons. The second kappa shape index (κ2) is 17.9. The zero-order valence-corrected chi connectivity index (χ0v) is 41.4. The van der Waals surface area contributed by atoms with Gasteiger partial charge in [0.2, 0.25) is 0 Å². The van der Waals surface area contributed by atoms with Crippen molar-refractivity contribution in [3.8, 4) is 33.8 Å². The first-order chi connectivity index (χ1) is 31.1. The van der Waals surface area contributed by atoms with Crippen LogP contribution >= 0.6 is 11.3 Å². The van der Waals surface area contributed by atoms with Crippen molar-refractivity contribution in [1.82, 2.24) is 15.0 Å². The Kier molecular flexibility index (Phi) is 10.0. The van der Waals surface area contributed by atoms with Crippen molar-refractivity contribution in [2.75, 3.05) is 0 Å². The summed E-state index contributed by atoms with van der Waals surface area (Å²) in [6.07, 6.45) is -1.37. The molecule has 3 nitrogen and oxygen atoms in total. The summed E-state index contributed by atoms with van der Waals surface area (Å²) >= 11 is -0.953. The van der Waals surface area contributed by atoms with Gasteiger partial charge >= 0.3 is 155 Å². The number of pyridine rings is 3. The minimum Gasteiger partial charge on any atom is -0.304 e. The SMILES string of the molecule is [2H]C(C)(C)c1cc[c-]c(-c2cc(C([2H])([2H])C(C)(C)C)[c]([Ge]([CH3])([CH3])[CH3])cn2)c1.[2H]C([2H])([2H])c1c[c-]c(-c2cc3c(cn2)C([2H])([2H])CCC3([2H])[2H])c2sc3nc(-c4ccc(C(C)(C)C)cc4)ccc3c12.[Ir]. The Labute approximate surface area is 388 Å². The van der Waals surface area contributed by atoms with E-state index in [0.717, 1.165) is 43.4 Å². The maximum Gasteiger partial charge on any atom is 0.114 e. The van der Waals surface area contributed by atoms with Crippen LogP contribution in [-0.2, 0) is 44.6 Å². The van der Waals surface area contributed by atoms with Crippen LogP contribution in [0.3, 0.4) is 0 Å². The molecule has 0 amide bonds. The predicted octanol–water partition coefficient (Wildman–Crippen LogP) is 14.3. The van der Waals surface area contributed by atoms with Crippen LogP contribution in [0.2, 0.25) is 17.3 Å². The number of benzene rings is 3. The molecule has 7 aromatic rings. The van der Waals surface area contributed by atoms with Crippen LogP contribution < -0.4 is 4.40 Å². The van der Waals surface area contributed by atoms with Gasteiger partial charge in [0.1, 0.15) is 4.83 Å². The molecule has 0 unspecified atom stereocenters. The van der Waals surface area contributed by atoms with Gasteiger partial charge in [-0.2, -0.15) is 11.3 Å². The fourth-order valence-electron chi connectivity index (χ4n) is 7.10. The van der Waals surface area contributed by atoms with E-state index in [1.54, 1.807) is 6.07 Å². The minimum atomic E-state index is -2.38. The third-order valence-corrected chi connectivity index (χ3v) is 15.6. The summed E-state index contributed by atoms with van der Waals surface area (Å²) < 4.78 is 86.2. The summed E-state index contributed by atoms with van der Waals surface area (Å²) in [6, 6.07) is 29.2. The third-order valence-electron chi connectivity index (χ3n) is 10.3. The Morgan fingerprint density at radius 3 is 2.24 bits per heavy atom. The molecule has 0 spiro atoms. The second-order valence-electron chi connectivity index (χ2n) is 18.5. The molecule has 0 saturated heterocycles. The fourth-order valence-corrected chi connectivity index (χ4v) is 11.2. The van der Waals surface area contributed by atoms with E-state index in [-0.39, 0.29) is 55.1 Å². The number of hydrogen-bond acceptors (Lipinski definition) is 4. The average Bonchev–Trinajstić information content (AvgIpc) is 3.62. The molecule has 3 aromatic carbocycles. The first-order valence-corrected chi connectivity index (χ1v) is 28.2. The first-order valence-electron chi connectivity index (χ1n) is 25.1. The largest absolute Gasteiger partial charge is 0.304 e. The van der Waals surface area contributed by atoms with Gasteiger partial charge in [-0.15, -0.1) is 23.3 Å². The van der Waals surface area contributed by atoms with Gasteiger partial charge in [0.25, 0.3) is 0 Å². The van der Waals surface area contributed by atoms with Gasteiger partial charge < -0.3 is 4.98 Å². The standard InChI is InChI=1S/C31H29N2S.C22H32GeN.Ir/c1-19-9-14-24(27-17-21-7-5-6-8-22(21)18-32-27)29-28(19)25-15-16-26(33-30(25)34-29)20-10-12-23(13-11-20)31(2,3)4;1-16(2)17-10-9-11-18(12-17)21-13-19(14-22(3,4)5)20(15-24-21)23(6,7)8;/h9-13,15-18H,5-8H2,1-4H3;9-10,12-13,15-16H,14H2,1-8H3;/q2*-1;/i1D3,7D2,8D2;14D2,16D;. The van der Waals surface area contributed by atoms with Crippen LogP contribution in [0.5, 0.6) is 0 Å². The smallest absolute Gasteiger partial charge is 0.114 e. The van der Waals surface area contributed by atoms with Crippen LogP contribution in [0, 0.1) is 24.4 Å². The molecular formula is C53H61GeIrN3S-2. The maximum absolute atomic E-state index is 8.87. The number of aromatic nitrogens is 3. The fraction of sp³-hybridized carbons (Fsp3) is 0.377. The summed E-state index contributed by atoms with van der Waals surface area (Å²) in [5.74, 6) is 6.12. The van der Waals surface area contributed by atoms with Gasteiger partial charge in [0.15, 0.2) is 0 Å². The zero-order valence-electron chi connectivity index (χ0n) is 46.1. The molecule has 0 bridgehead atoms. The van der Waals surface area contributed by atoms with Crippen LogP contribution in [0.1, 0.15) is 121 Å². The average molecular weight is 1050 g/mol. The molecule has 0 N–H and O–H groups in total. The zero-order chi connectivity index (χ0) is 50.4. The van der Waals surface area contributed by atoms with Crippen molar-refractivity contribution in [1.29, 1.82) is 0 Å². The molecule has 6 heteroatoms. The van der Waals surface area contributed by atoms with E-state index in [2.05, 4.69) is 84.4 Å². The molecule has 0 atom stereocenters. The third kappa shape index (κ3) is 10.4. The van der Waals surface area contributed by atoms with Gasteiger partial charge in [-0.25, -0.2) is 4.98 Å². The molecular weight excluding hydrogens is 975 g/mol. The number of thiophene rings is 1. The van der Waals surface area contributed by atoms with Crippen molar-refractivity contribution >= 4 is 49.3 Å². The quantitative estimate of drug-likeness (QED) is 0.123. The van der Waals surface area contributed by atoms with E-state index in [4.69, 9.17) is 18.7 Å². The normalized spacial score (nSPS) is 18.1. The predicted molar refractivity (Wildman–Crippen MR) is 253 cm³/mol. The molecule has 0 fully saturated rings. The number of aryl methyl sites for hydroxylation is 3. The maximum atomic E-state index is 8.87. The Bertz CT molecular complexity index is 3030.